The van der Waals surface area contributed by atoms with Crippen LogP contribution in [0.15, 0.2) is 95.7 Å². The van der Waals surface area contributed by atoms with E-state index < -0.39 is 0 Å². The van der Waals surface area contributed by atoms with E-state index in [9.17, 15) is 0 Å². The molecule has 1 heteroatoms. The number of allylic oxidation sites excluding steroid dienone is 2. The minimum absolute atomic E-state index is 0. The number of hydrogen-bond donors (Lipinski definition) is 0. The summed E-state index contributed by atoms with van der Waals surface area (Å²) in [4.78, 5) is 2.70. The fourth-order valence-electron chi connectivity index (χ4n) is 6.10. The van der Waals surface area contributed by atoms with Gasteiger partial charge in [0, 0.05) is 15.2 Å². The van der Waals surface area contributed by atoms with Crippen LogP contribution < -0.4 is 0 Å². The average molecular weight is 439 g/mol. The predicted octanol–water partition coefficient (Wildman–Crippen LogP) is 9.93. The Bertz CT molecular complexity index is 1780. The number of fused-ring (bicyclic) bond motifs is 4. The molecule has 0 bridgehead atoms. The second kappa shape index (κ2) is 6.27. The molecular formula is C32H22S. The highest BCUT2D eigenvalue weighted by atomic mass is 32.2. The Morgan fingerprint density at radius 3 is 1.70 bits per heavy atom. The summed E-state index contributed by atoms with van der Waals surface area (Å²) in [5.41, 5.74) is 7.62. The molecule has 0 aromatic heterocycles. The Hall–Kier alpha value is -3.55. The molecule has 6 aromatic carbocycles. The topological polar surface area (TPSA) is 0 Å². The van der Waals surface area contributed by atoms with Crippen molar-refractivity contribution in [2.24, 2.45) is 0 Å². The maximum atomic E-state index is 4.37. The van der Waals surface area contributed by atoms with Gasteiger partial charge in [0.05, 0.1) is 0 Å². The Morgan fingerprint density at radius 2 is 1.03 bits per heavy atom. The standard InChI is InChI=1S/C31H18S.CH4/c1-16-15-17(2)19-8-10-23-25-13-14-27-31-21(20-5-3-4-6-26(20)32-27)11-12-24(30(25)31)22-9-7-18(16)28(19)29(22)23;/h3-14H,1-2,15H2;1H4. The smallest absolute Gasteiger partial charge is 0.0207 e. The van der Waals surface area contributed by atoms with E-state index in [0.29, 0.717) is 0 Å². The van der Waals surface area contributed by atoms with Crippen molar-refractivity contribution in [2.75, 3.05) is 0 Å². The summed E-state index contributed by atoms with van der Waals surface area (Å²) in [6.45, 7) is 8.75. The Kier molecular flexibility index (Phi) is 3.61. The van der Waals surface area contributed by atoms with Crippen LogP contribution in [-0.4, -0.2) is 0 Å². The van der Waals surface area contributed by atoms with Crippen molar-refractivity contribution in [3.63, 3.8) is 0 Å². The zero-order valence-corrected chi connectivity index (χ0v) is 18.3. The monoisotopic (exact) mass is 438 g/mol. The van der Waals surface area contributed by atoms with Gasteiger partial charge < -0.3 is 0 Å². The first-order valence-electron chi connectivity index (χ1n) is 11.0. The van der Waals surface area contributed by atoms with Crippen LogP contribution >= 0.6 is 11.8 Å². The van der Waals surface area contributed by atoms with Crippen LogP contribution in [0.1, 0.15) is 25.0 Å². The van der Waals surface area contributed by atoms with Gasteiger partial charge in [-0.25, -0.2) is 0 Å². The molecule has 0 N–H and O–H groups in total. The molecule has 33 heavy (non-hydrogen) atoms. The third kappa shape index (κ3) is 2.18. The zero-order valence-electron chi connectivity index (χ0n) is 17.5. The highest BCUT2D eigenvalue weighted by Crippen LogP contribution is 2.53. The summed E-state index contributed by atoms with van der Waals surface area (Å²) in [6, 6.07) is 27.3. The largest absolute Gasteiger partial charge is 0.0949 e. The van der Waals surface area contributed by atoms with Gasteiger partial charge in [-0.1, -0.05) is 93.0 Å². The third-order valence-electron chi connectivity index (χ3n) is 7.45. The minimum Gasteiger partial charge on any atom is -0.0949 e. The summed E-state index contributed by atoms with van der Waals surface area (Å²) in [5.74, 6) is 0. The lowest BCUT2D eigenvalue weighted by atomic mass is 9.79. The van der Waals surface area contributed by atoms with Gasteiger partial charge >= 0.3 is 0 Å². The highest BCUT2D eigenvalue weighted by molar-refractivity contribution is 7.99. The quantitative estimate of drug-likeness (QED) is 0.168. The molecule has 0 radical (unpaired) electrons. The zero-order chi connectivity index (χ0) is 21.1. The molecule has 156 valence electrons. The highest BCUT2D eigenvalue weighted by Gasteiger charge is 2.25. The molecule has 0 saturated carbocycles. The van der Waals surface area contributed by atoms with Crippen molar-refractivity contribution in [3.05, 3.63) is 97.1 Å². The molecule has 0 fully saturated rings. The van der Waals surface area contributed by atoms with Crippen LogP contribution in [0.3, 0.4) is 0 Å². The van der Waals surface area contributed by atoms with Gasteiger partial charge in [-0.05, 0) is 89.7 Å². The molecule has 0 nitrogen and oxygen atoms in total. The van der Waals surface area contributed by atoms with E-state index in [1.807, 2.05) is 11.8 Å². The lowest BCUT2D eigenvalue weighted by Crippen LogP contribution is -2.01. The lowest BCUT2D eigenvalue weighted by molar-refractivity contribution is 1.40. The van der Waals surface area contributed by atoms with Gasteiger partial charge in [-0.3, -0.25) is 0 Å². The Balaban J connectivity index is 0.00000190. The Labute approximate surface area is 197 Å². The second-order valence-corrected chi connectivity index (χ2v) is 10.2. The fraction of sp³-hybridized carbons (Fsp3) is 0.0625. The lowest BCUT2D eigenvalue weighted by Gasteiger charge is -2.26. The van der Waals surface area contributed by atoms with Crippen molar-refractivity contribution in [2.45, 2.75) is 23.6 Å². The van der Waals surface area contributed by atoms with E-state index in [-0.39, 0.29) is 7.43 Å². The Morgan fingerprint density at radius 1 is 0.485 bits per heavy atom. The summed E-state index contributed by atoms with van der Waals surface area (Å²) in [7, 11) is 0. The predicted molar refractivity (Wildman–Crippen MR) is 147 cm³/mol. The average Bonchev–Trinajstić information content (AvgIpc) is 2.82. The van der Waals surface area contributed by atoms with Crippen molar-refractivity contribution >= 4 is 66.0 Å². The molecule has 0 spiro atoms. The molecule has 0 unspecified atom stereocenters. The number of rotatable bonds is 0. The van der Waals surface area contributed by atoms with Gasteiger partial charge in [-0.2, -0.15) is 0 Å². The summed E-state index contributed by atoms with van der Waals surface area (Å²) < 4.78 is 0. The van der Waals surface area contributed by atoms with Crippen molar-refractivity contribution in [1.29, 1.82) is 0 Å². The van der Waals surface area contributed by atoms with Gasteiger partial charge in [0.2, 0.25) is 0 Å². The molecule has 8 rings (SSSR count). The summed E-state index contributed by atoms with van der Waals surface area (Å²) in [5, 5.41) is 10.9. The van der Waals surface area contributed by atoms with Gasteiger partial charge in [0.25, 0.3) is 0 Å². The number of benzene rings is 6. The maximum absolute atomic E-state index is 4.37. The molecule has 1 aliphatic carbocycles. The number of hydrogen-bond acceptors (Lipinski definition) is 1. The summed E-state index contributed by atoms with van der Waals surface area (Å²) in [6.07, 6.45) is 0.857. The van der Waals surface area contributed by atoms with Crippen LogP contribution in [0, 0.1) is 0 Å². The molecule has 0 saturated heterocycles. The van der Waals surface area contributed by atoms with E-state index in [0.717, 1.165) is 6.42 Å². The van der Waals surface area contributed by atoms with E-state index in [2.05, 4.69) is 86.0 Å². The normalized spacial score (nSPS) is 14.3. The van der Waals surface area contributed by atoms with Crippen LogP contribution in [0.5, 0.6) is 0 Å². The first-order chi connectivity index (χ1) is 15.7. The minimum atomic E-state index is 0. The first kappa shape index (κ1) is 19.0. The SMILES string of the molecule is C.C=C1CC(=C)c2ccc3c4ccc5c6c(ccc(c7ccc1c2c73)c64)Sc1ccccc1-5. The molecule has 0 amide bonds. The summed E-state index contributed by atoms with van der Waals surface area (Å²) >= 11 is 1.90. The third-order valence-corrected chi connectivity index (χ3v) is 8.59. The van der Waals surface area contributed by atoms with Crippen molar-refractivity contribution in [3.8, 4) is 11.1 Å². The maximum Gasteiger partial charge on any atom is 0.0207 e. The second-order valence-electron chi connectivity index (χ2n) is 9.08. The van der Waals surface area contributed by atoms with Crippen LogP contribution in [0.2, 0.25) is 0 Å². The van der Waals surface area contributed by atoms with Crippen LogP contribution in [-0.2, 0) is 0 Å². The molecule has 6 aromatic rings. The van der Waals surface area contributed by atoms with Crippen molar-refractivity contribution in [1.82, 2.24) is 0 Å². The molecule has 2 aliphatic rings. The molecule has 0 atom stereocenters. The first-order valence-corrected chi connectivity index (χ1v) is 11.9. The van der Waals surface area contributed by atoms with E-state index >= 15 is 0 Å². The van der Waals surface area contributed by atoms with E-state index in [4.69, 9.17) is 0 Å². The van der Waals surface area contributed by atoms with Gasteiger partial charge in [-0.15, -0.1) is 0 Å². The van der Waals surface area contributed by atoms with E-state index in [1.54, 1.807) is 0 Å². The fourth-order valence-corrected chi connectivity index (χ4v) is 7.22. The van der Waals surface area contributed by atoms with Gasteiger partial charge in [0.1, 0.15) is 0 Å². The van der Waals surface area contributed by atoms with E-state index in [1.165, 1.54) is 86.3 Å². The molecular weight excluding hydrogens is 416 g/mol. The van der Waals surface area contributed by atoms with Crippen LogP contribution in [0.25, 0.3) is 65.4 Å². The molecule has 1 aliphatic heterocycles. The van der Waals surface area contributed by atoms with Crippen molar-refractivity contribution < 1.29 is 0 Å². The van der Waals surface area contributed by atoms with Crippen LogP contribution in [0.4, 0.5) is 0 Å². The van der Waals surface area contributed by atoms with Gasteiger partial charge in [0.15, 0.2) is 0 Å². The molecule has 1 heterocycles.